The van der Waals surface area contributed by atoms with E-state index in [1.54, 1.807) is 13.2 Å². The molecule has 4 rings (SSSR count). The van der Waals surface area contributed by atoms with Crippen LogP contribution in [0.1, 0.15) is 53.1 Å². The minimum absolute atomic E-state index is 0.0295. The molecule has 2 aromatic rings. The van der Waals surface area contributed by atoms with Gasteiger partial charge in [0, 0.05) is 44.4 Å². The number of benzene rings is 2. The number of hydrogen-bond acceptors (Lipinski definition) is 4. The van der Waals surface area contributed by atoms with Crippen molar-refractivity contribution < 1.29 is 14.3 Å². The fourth-order valence-electron chi connectivity index (χ4n) is 5.40. The van der Waals surface area contributed by atoms with Crippen molar-refractivity contribution in [3.05, 3.63) is 71.3 Å². The Balaban J connectivity index is 1.40. The number of amides is 2. The molecule has 2 heterocycles. The molecule has 2 amide bonds. The van der Waals surface area contributed by atoms with Gasteiger partial charge >= 0.3 is 0 Å². The molecule has 2 saturated heterocycles. The van der Waals surface area contributed by atoms with Crippen molar-refractivity contribution in [2.45, 2.75) is 50.2 Å². The highest BCUT2D eigenvalue weighted by Crippen LogP contribution is 2.43. The number of rotatable bonds is 9. The van der Waals surface area contributed by atoms with Crippen molar-refractivity contribution in [1.82, 2.24) is 9.80 Å². The molecular weight excluding hydrogens is 402 g/mol. The highest BCUT2D eigenvalue weighted by molar-refractivity contribution is 5.92. The third-order valence-electron chi connectivity index (χ3n) is 6.99. The van der Waals surface area contributed by atoms with Gasteiger partial charge in [0.1, 0.15) is 6.61 Å². The number of ether oxygens (including phenoxy) is 1. The second kappa shape index (κ2) is 10.3. The van der Waals surface area contributed by atoms with Crippen molar-refractivity contribution in [2.75, 3.05) is 26.8 Å². The number of carbonyl (C=O) groups excluding carboxylic acids is 2. The first kappa shape index (κ1) is 22.5. The largest absolute Gasteiger partial charge is 0.375 e. The van der Waals surface area contributed by atoms with Gasteiger partial charge in [-0.3, -0.25) is 14.5 Å². The van der Waals surface area contributed by atoms with Crippen LogP contribution in [-0.4, -0.2) is 60.5 Å². The van der Waals surface area contributed by atoms with Crippen molar-refractivity contribution in [3.63, 3.8) is 0 Å². The maximum absolute atomic E-state index is 12.7. The quantitative estimate of drug-likeness (QED) is 0.656. The van der Waals surface area contributed by atoms with E-state index in [1.807, 2.05) is 35.2 Å². The zero-order valence-corrected chi connectivity index (χ0v) is 18.8. The maximum Gasteiger partial charge on any atom is 0.248 e. The SMILES string of the molecule is COCC(=O)N(CCN1C2CCC1CC(c1cccc(C(N)=O)c1)C2)Cc1ccccc1. The fraction of sp³-hybridized carbons (Fsp3) is 0.462. The second-order valence-corrected chi connectivity index (χ2v) is 9.01. The first-order chi connectivity index (χ1) is 15.5. The minimum Gasteiger partial charge on any atom is -0.375 e. The van der Waals surface area contributed by atoms with E-state index < -0.39 is 0 Å². The molecule has 2 unspecified atom stereocenters. The maximum atomic E-state index is 12.7. The van der Waals surface area contributed by atoms with Crippen molar-refractivity contribution in [3.8, 4) is 0 Å². The van der Waals surface area contributed by atoms with E-state index in [4.69, 9.17) is 10.5 Å². The number of fused-ring (bicyclic) bond motifs is 2. The Kier molecular flexibility index (Phi) is 7.22. The number of carbonyl (C=O) groups is 2. The molecule has 0 aromatic heterocycles. The first-order valence-electron chi connectivity index (χ1n) is 11.5. The Hall–Kier alpha value is -2.70. The number of methoxy groups -OCH3 is 1. The first-order valence-corrected chi connectivity index (χ1v) is 11.5. The van der Waals surface area contributed by atoms with Crippen LogP contribution in [-0.2, 0) is 16.1 Å². The van der Waals surface area contributed by atoms with Gasteiger partial charge in [-0.15, -0.1) is 0 Å². The Morgan fingerprint density at radius 1 is 1.06 bits per heavy atom. The summed E-state index contributed by atoms with van der Waals surface area (Å²) in [5, 5.41) is 0. The van der Waals surface area contributed by atoms with Crippen molar-refractivity contribution >= 4 is 11.8 Å². The normalized spacial score (nSPS) is 22.6. The van der Waals surface area contributed by atoms with Crippen LogP contribution in [0.2, 0.25) is 0 Å². The molecule has 2 aliphatic rings. The second-order valence-electron chi connectivity index (χ2n) is 9.01. The van der Waals surface area contributed by atoms with Crippen molar-refractivity contribution in [2.24, 2.45) is 5.73 Å². The Morgan fingerprint density at radius 2 is 1.78 bits per heavy atom. The van der Waals surface area contributed by atoms with E-state index in [1.165, 1.54) is 18.4 Å². The van der Waals surface area contributed by atoms with Crippen LogP contribution >= 0.6 is 0 Å². The van der Waals surface area contributed by atoms with Crippen LogP contribution < -0.4 is 5.73 Å². The zero-order valence-electron chi connectivity index (χ0n) is 18.8. The summed E-state index contributed by atoms with van der Waals surface area (Å²) in [6, 6.07) is 19.0. The summed E-state index contributed by atoms with van der Waals surface area (Å²) in [4.78, 5) is 28.8. The van der Waals surface area contributed by atoms with Gasteiger partial charge < -0.3 is 15.4 Å². The van der Waals surface area contributed by atoms with Gasteiger partial charge in [0.25, 0.3) is 0 Å². The summed E-state index contributed by atoms with van der Waals surface area (Å²) in [6.45, 7) is 2.30. The third-order valence-corrected chi connectivity index (χ3v) is 6.99. The number of nitrogens with zero attached hydrogens (tertiary/aromatic N) is 2. The number of piperidine rings is 1. The third kappa shape index (κ3) is 5.19. The van der Waals surface area contributed by atoms with Gasteiger partial charge in [-0.2, -0.15) is 0 Å². The molecule has 2 bridgehead atoms. The van der Waals surface area contributed by atoms with Crippen molar-refractivity contribution in [1.29, 1.82) is 0 Å². The lowest BCUT2D eigenvalue weighted by atomic mass is 9.84. The summed E-state index contributed by atoms with van der Waals surface area (Å²) < 4.78 is 5.12. The molecule has 0 saturated carbocycles. The molecule has 2 aliphatic heterocycles. The zero-order chi connectivity index (χ0) is 22.5. The van der Waals surface area contributed by atoms with Gasteiger partial charge in [-0.25, -0.2) is 0 Å². The number of nitrogens with two attached hydrogens (primary N) is 1. The van der Waals surface area contributed by atoms with Crippen LogP contribution in [0.5, 0.6) is 0 Å². The van der Waals surface area contributed by atoms with Crippen LogP contribution in [0.3, 0.4) is 0 Å². The molecule has 32 heavy (non-hydrogen) atoms. The lowest BCUT2D eigenvalue weighted by molar-refractivity contribution is -0.136. The lowest BCUT2D eigenvalue weighted by Gasteiger charge is -2.40. The summed E-state index contributed by atoms with van der Waals surface area (Å²) in [5.41, 5.74) is 8.42. The summed E-state index contributed by atoms with van der Waals surface area (Å²) in [5.74, 6) is 0.118. The summed E-state index contributed by atoms with van der Waals surface area (Å²) >= 11 is 0. The van der Waals surface area contributed by atoms with Gasteiger partial charge in [0.05, 0.1) is 0 Å². The van der Waals surface area contributed by atoms with Gasteiger partial charge in [0.2, 0.25) is 11.8 Å². The Labute approximate surface area is 190 Å². The molecule has 6 heteroatoms. The molecule has 2 fully saturated rings. The van der Waals surface area contributed by atoms with Gasteiger partial charge in [-0.1, -0.05) is 42.5 Å². The van der Waals surface area contributed by atoms with Gasteiger partial charge in [0.15, 0.2) is 0 Å². The van der Waals surface area contributed by atoms with E-state index in [2.05, 4.69) is 23.1 Å². The fourth-order valence-corrected chi connectivity index (χ4v) is 5.40. The van der Waals surface area contributed by atoms with Crippen LogP contribution in [0.15, 0.2) is 54.6 Å². The standard InChI is InChI=1S/C26H33N3O3/c1-32-18-25(30)28(17-19-6-3-2-4-7-19)12-13-29-23-10-11-24(29)16-22(15-23)20-8-5-9-21(14-20)26(27)31/h2-9,14,22-24H,10-13,15-18H2,1H3,(H2,27,31). The van der Waals surface area contributed by atoms with Crippen LogP contribution in [0, 0.1) is 0 Å². The van der Waals surface area contributed by atoms with Gasteiger partial charge in [-0.05, 0) is 54.9 Å². The average molecular weight is 436 g/mol. The van der Waals surface area contributed by atoms with E-state index in [-0.39, 0.29) is 18.4 Å². The minimum atomic E-state index is -0.369. The smallest absolute Gasteiger partial charge is 0.248 e. The van der Waals surface area contributed by atoms with E-state index >= 15 is 0 Å². The molecule has 170 valence electrons. The van der Waals surface area contributed by atoms with E-state index in [0.717, 1.165) is 24.9 Å². The monoisotopic (exact) mass is 435 g/mol. The molecule has 0 radical (unpaired) electrons. The molecule has 6 nitrogen and oxygen atoms in total. The van der Waals surface area contributed by atoms with Crippen LogP contribution in [0.4, 0.5) is 0 Å². The Bertz CT molecular complexity index is 919. The number of hydrogen-bond donors (Lipinski definition) is 1. The molecular formula is C26H33N3O3. The highest BCUT2D eigenvalue weighted by atomic mass is 16.5. The molecule has 0 aliphatic carbocycles. The predicted octanol–water partition coefficient (Wildman–Crippen LogP) is 3.17. The van der Waals surface area contributed by atoms with E-state index in [9.17, 15) is 9.59 Å². The predicted molar refractivity (Wildman–Crippen MR) is 124 cm³/mol. The summed E-state index contributed by atoms with van der Waals surface area (Å²) in [6.07, 6.45) is 4.57. The Morgan fingerprint density at radius 3 is 2.44 bits per heavy atom. The molecule has 2 aromatic carbocycles. The van der Waals surface area contributed by atoms with E-state index in [0.29, 0.717) is 36.7 Å². The highest BCUT2D eigenvalue weighted by Gasteiger charge is 2.41. The summed E-state index contributed by atoms with van der Waals surface area (Å²) in [7, 11) is 1.57. The molecule has 2 atom stereocenters. The molecule has 2 N–H and O–H groups in total. The topological polar surface area (TPSA) is 75.9 Å². The number of primary amides is 1. The lowest BCUT2D eigenvalue weighted by Crippen LogP contribution is -2.47. The molecule has 0 spiro atoms. The van der Waals surface area contributed by atoms with Crippen LogP contribution in [0.25, 0.3) is 0 Å². The average Bonchev–Trinajstić information content (AvgIpc) is 3.04.